The van der Waals surface area contributed by atoms with Crippen LogP contribution >= 0.6 is 0 Å². The third-order valence-electron chi connectivity index (χ3n) is 2.12. The summed E-state index contributed by atoms with van der Waals surface area (Å²) < 4.78 is 24.7. The molecule has 0 saturated carbocycles. The van der Waals surface area contributed by atoms with Crippen LogP contribution in [0.25, 0.3) is 5.70 Å². The molecule has 0 amide bonds. The number of aromatic nitrogens is 1. The molecule has 4 nitrogen and oxygen atoms in total. The smallest absolute Gasteiger partial charge is 0.265 e. The van der Waals surface area contributed by atoms with E-state index in [1.807, 2.05) is 13.8 Å². The number of nitrogens with zero attached hydrogens (tertiary/aromatic N) is 3. The van der Waals surface area contributed by atoms with E-state index in [9.17, 15) is 8.78 Å². The van der Waals surface area contributed by atoms with Gasteiger partial charge in [-0.3, -0.25) is 4.98 Å². The van der Waals surface area contributed by atoms with Gasteiger partial charge in [0.25, 0.3) is 6.43 Å². The van der Waals surface area contributed by atoms with Gasteiger partial charge in [-0.05, 0) is 24.6 Å². The molecule has 0 bridgehead atoms. The third-order valence-corrected chi connectivity index (χ3v) is 2.12. The highest BCUT2D eigenvalue weighted by atomic mass is 19.3. The molecule has 0 radical (unpaired) electrons. The first kappa shape index (κ1) is 17.3. The summed E-state index contributed by atoms with van der Waals surface area (Å²) in [7, 11) is 1.48. The summed E-state index contributed by atoms with van der Waals surface area (Å²) in [5, 5.41) is 16.5. The average molecular weight is 271 g/mol. The van der Waals surface area contributed by atoms with Gasteiger partial charge in [0.1, 0.15) is 5.70 Å². The highest BCUT2D eigenvalue weighted by molar-refractivity contribution is 5.64. The summed E-state index contributed by atoms with van der Waals surface area (Å²) in [5.41, 5.74) is 1.23. The van der Waals surface area contributed by atoms with Crippen LogP contribution in [0.3, 0.4) is 0 Å². The molecule has 0 aliphatic heterocycles. The van der Waals surface area contributed by atoms with E-state index in [-0.39, 0.29) is 12.2 Å². The maximum atomic E-state index is 12.3. The maximum absolute atomic E-state index is 12.3. The number of pyridine rings is 1. The number of hydrogen-bond donors (Lipinski definition) is 1. The predicted molar refractivity (Wildman–Crippen MR) is 71.0 cm³/mol. The van der Waals surface area contributed by atoms with Crippen LogP contribution in [0.5, 0.6) is 0 Å². The van der Waals surface area contributed by atoms with Crippen molar-refractivity contribution >= 4 is 5.70 Å². The fourth-order valence-corrected chi connectivity index (χ4v) is 1.20. The van der Waals surface area contributed by atoms with Crippen molar-refractivity contribution in [2.24, 2.45) is 10.2 Å². The Balaban J connectivity index is 0.00000154. The van der Waals surface area contributed by atoms with Crippen molar-refractivity contribution in [2.45, 2.75) is 27.2 Å². The molecular weight excluding hydrogens is 252 g/mol. The van der Waals surface area contributed by atoms with Gasteiger partial charge in [0.15, 0.2) is 0 Å². The van der Waals surface area contributed by atoms with E-state index in [2.05, 4.69) is 15.2 Å². The van der Waals surface area contributed by atoms with E-state index in [0.29, 0.717) is 17.0 Å². The van der Waals surface area contributed by atoms with E-state index >= 15 is 0 Å². The molecule has 0 aliphatic carbocycles. The molecule has 0 unspecified atom stereocenters. The lowest BCUT2D eigenvalue weighted by Gasteiger charge is -2.05. The second kappa shape index (κ2) is 9.27. The number of halogens is 2. The molecule has 0 atom stereocenters. The van der Waals surface area contributed by atoms with Crippen LogP contribution in [0.2, 0.25) is 0 Å². The van der Waals surface area contributed by atoms with E-state index < -0.39 is 6.43 Å². The van der Waals surface area contributed by atoms with Crippen molar-refractivity contribution in [1.82, 2.24) is 4.98 Å². The van der Waals surface area contributed by atoms with Crippen molar-refractivity contribution in [3.63, 3.8) is 0 Å². The van der Waals surface area contributed by atoms with Gasteiger partial charge in [-0.1, -0.05) is 13.8 Å². The van der Waals surface area contributed by atoms with Gasteiger partial charge in [0.2, 0.25) is 0 Å². The van der Waals surface area contributed by atoms with Crippen LogP contribution in [-0.2, 0) is 0 Å². The molecule has 6 heteroatoms. The average Bonchev–Trinajstić information content (AvgIpc) is 2.46. The van der Waals surface area contributed by atoms with Crippen LogP contribution in [0.1, 0.15) is 38.5 Å². The van der Waals surface area contributed by atoms with Crippen molar-refractivity contribution in [3.05, 3.63) is 35.2 Å². The number of aliphatic hydroxyl groups excluding tert-OH is 1. The zero-order valence-corrected chi connectivity index (χ0v) is 11.6. The molecule has 0 aromatic carbocycles. The number of hydrogen-bond acceptors (Lipinski definition) is 4. The predicted octanol–water partition coefficient (Wildman–Crippen LogP) is 3.85. The SMILES string of the molecule is CC.CN=N/C(=C(\C)CO)c1ccc(C(F)F)cn1. The lowest BCUT2D eigenvalue weighted by Crippen LogP contribution is -1.95. The first-order chi connectivity index (χ1) is 9.10. The molecule has 106 valence electrons. The maximum Gasteiger partial charge on any atom is 0.265 e. The molecule has 1 aromatic heterocycles. The second-order valence-corrected chi connectivity index (χ2v) is 3.36. The molecule has 1 N–H and O–H groups in total. The van der Waals surface area contributed by atoms with Gasteiger partial charge in [-0.2, -0.15) is 10.2 Å². The Bertz CT molecular complexity index is 428. The molecule has 0 aliphatic rings. The Kier molecular flexibility index (Phi) is 8.44. The number of alkyl halides is 2. The highest BCUT2D eigenvalue weighted by Crippen LogP contribution is 2.22. The van der Waals surface area contributed by atoms with Crippen molar-refractivity contribution in [3.8, 4) is 0 Å². The summed E-state index contributed by atoms with van der Waals surface area (Å²) in [5.74, 6) is 0. The van der Waals surface area contributed by atoms with E-state index in [4.69, 9.17) is 5.11 Å². The molecule has 19 heavy (non-hydrogen) atoms. The normalized spacial score (nSPS) is 12.2. The lowest BCUT2D eigenvalue weighted by molar-refractivity contribution is 0.151. The Morgan fingerprint density at radius 3 is 2.37 bits per heavy atom. The van der Waals surface area contributed by atoms with Gasteiger partial charge in [-0.25, -0.2) is 8.78 Å². The Morgan fingerprint density at radius 1 is 1.37 bits per heavy atom. The monoisotopic (exact) mass is 271 g/mol. The Hall–Kier alpha value is -1.69. The molecule has 0 fully saturated rings. The topological polar surface area (TPSA) is 57.8 Å². The van der Waals surface area contributed by atoms with Gasteiger partial charge in [0.05, 0.1) is 12.3 Å². The fourth-order valence-electron chi connectivity index (χ4n) is 1.20. The van der Waals surface area contributed by atoms with Crippen molar-refractivity contribution < 1.29 is 13.9 Å². The first-order valence-electron chi connectivity index (χ1n) is 5.95. The Morgan fingerprint density at radius 2 is 2.00 bits per heavy atom. The fraction of sp³-hybridized carbons (Fsp3) is 0.462. The van der Waals surface area contributed by atoms with Crippen LogP contribution in [0.4, 0.5) is 8.78 Å². The van der Waals surface area contributed by atoms with E-state index in [1.165, 1.54) is 19.2 Å². The lowest BCUT2D eigenvalue weighted by atomic mass is 10.1. The zero-order chi connectivity index (χ0) is 14.8. The summed E-state index contributed by atoms with van der Waals surface area (Å²) >= 11 is 0. The highest BCUT2D eigenvalue weighted by Gasteiger charge is 2.10. The standard InChI is InChI=1S/C11H13F2N3O.C2H6/c1-7(6-17)10(16-14-2)9-4-3-8(5-15-9)11(12)13;1-2/h3-5,11,17H,6H2,1-2H3;1-2H3/b10-7+,16-14?;. The van der Waals surface area contributed by atoms with Gasteiger partial charge in [-0.15, -0.1) is 0 Å². The molecule has 1 rings (SSSR count). The molecule has 1 aromatic rings. The Labute approximate surface area is 111 Å². The molecule has 0 spiro atoms. The largest absolute Gasteiger partial charge is 0.392 e. The number of aliphatic hydroxyl groups is 1. The van der Waals surface area contributed by atoms with Gasteiger partial charge < -0.3 is 5.11 Å². The van der Waals surface area contributed by atoms with E-state index in [1.54, 1.807) is 6.92 Å². The van der Waals surface area contributed by atoms with Crippen molar-refractivity contribution in [2.75, 3.05) is 13.7 Å². The molecule has 0 saturated heterocycles. The summed E-state index contributed by atoms with van der Waals surface area (Å²) in [6.45, 7) is 5.49. The van der Waals surface area contributed by atoms with Crippen LogP contribution in [-0.4, -0.2) is 23.7 Å². The summed E-state index contributed by atoms with van der Waals surface area (Å²) in [6.07, 6.45) is -1.45. The molecular formula is C13H19F2N3O. The van der Waals surface area contributed by atoms with Crippen LogP contribution in [0, 0.1) is 0 Å². The summed E-state index contributed by atoms with van der Waals surface area (Å²) in [4.78, 5) is 3.89. The van der Waals surface area contributed by atoms with E-state index in [0.717, 1.165) is 6.20 Å². The number of rotatable bonds is 4. The second-order valence-electron chi connectivity index (χ2n) is 3.36. The minimum Gasteiger partial charge on any atom is -0.392 e. The van der Waals surface area contributed by atoms with Gasteiger partial charge in [0, 0.05) is 18.8 Å². The van der Waals surface area contributed by atoms with Crippen molar-refractivity contribution in [1.29, 1.82) is 0 Å². The summed E-state index contributed by atoms with van der Waals surface area (Å²) in [6, 6.07) is 2.72. The number of azo groups is 1. The van der Waals surface area contributed by atoms with Crippen LogP contribution in [0.15, 0.2) is 34.1 Å². The quantitative estimate of drug-likeness (QED) is 0.845. The van der Waals surface area contributed by atoms with Crippen LogP contribution < -0.4 is 0 Å². The minimum absolute atomic E-state index is 0.150. The minimum atomic E-state index is -2.55. The zero-order valence-electron chi connectivity index (χ0n) is 11.6. The third kappa shape index (κ3) is 5.21. The van der Waals surface area contributed by atoms with Gasteiger partial charge >= 0.3 is 0 Å². The first-order valence-corrected chi connectivity index (χ1v) is 5.95. The molecule has 1 heterocycles.